The number of para-hydroxylation sites is 1. The number of benzene rings is 3. The lowest BCUT2D eigenvalue weighted by Crippen LogP contribution is -2.03. The molecule has 0 saturated heterocycles. The lowest BCUT2D eigenvalue weighted by atomic mass is 10.2. The van der Waals surface area contributed by atoms with E-state index in [1.54, 1.807) is 0 Å². The van der Waals surface area contributed by atoms with Gasteiger partial charge in [0.05, 0.1) is 0 Å². The van der Waals surface area contributed by atoms with Crippen molar-refractivity contribution < 1.29 is 0 Å². The fraction of sp³-hybridized carbons (Fsp3) is 0.130. The molecule has 0 amide bonds. The summed E-state index contributed by atoms with van der Waals surface area (Å²) in [5.41, 5.74) is 3.90. The predicted molar refractivity (Wildman–Crippen MR) is 121 cm³/mol. The largest absolute Gasteiger partial charge is 0.347 e. The van der Waals surface area contributed by atoms with Gasteiger partial charge in [-0.3, -0.25) is 0 Å². The van der Waals surface area contributed by atoms with Crippen LogP contribution in [-0.2, 0) is 13.1 Å². The summed E-state index contributed by atoms with van der Waals surface area (Å²) in [5.74, 6) is 0. The van der Waals surface area contributed by atoms with Gasteiger partial charge in [-0.1, -0.05) is 50.1 Å². The molecule has 3 aromatic carbocycles. The second kappa shape index (κ2) is 6.84. The van der Waals surface area contributed by atoms with Crippen molar-refractivity contribution in [3.8, 4) is 0 Å². The Morgan fingerprint density at radius 3 is 2.04 bits per heavy atom. The highest BCUT2D eigenvalue weighted by molar-refractivity contribution is 9.10. The Morgan fingerprint density at radius 2 is 1.33 bits per heavy atom. The molecular formula is C23H18Br2N2. The van der Waals surface area contributed by atoms with Gasteiger partial charge in [-0.15, -0.1) is 0 Å². The Kier molecular flexibility index (Phi) is 4.33. The van der Waals surface area contributed by atoms with Gasteiger partial charge in [0.2, 0.25) is 0 Å². The smallest absolute Gasteiger partial charge is 0.0492 e. The summed E-state index contributed by atoms with van der Waals surface area (Å²) in [6.45, 7) is 2.01. The summed E-state index contributed by atoms with van der Waals surface area (Å²) in [7, 11) is 0. The van der Waals surface area contributed by atoms with Gasteiger partial charge in [-0.25, -0.2) is 0 Å². The third-order valence-electron chi connectivity index (χ3n) is 5.25. The minimum Gasteiger partial charge on any atom is -0.347 e. The summed E-state index contributed by atoms with van der Waals surface area (Å²) in [5, 5.41) is 3.91. The van der Waals surface area contributed by atoms with E-state index in [1.807, 2.05) is 0 Å². The molecule has 0 saturated carbocycles. The zero-order valence-electron chi connectivity index (χ0n) is 14.7. The van der Waals surface area contributed by atoms with Crippen molar-refractivity contribution in [1.82, 2.24) is 9.13 Å². The zero-order valence-corrected chi connectivity index (χ0v) is 17.9. The molecule has 0 aliphatic heterocycles. The molecule has 27 heavy (non-hydrogen) atoms. The number of hydrogen-bond donors (Lipinski definition) is 0. The second-order valence-corrected chi connectivity index (χ2v) is 8.73. The number of rotatable bonds is 4. The molecule has 2 nitrogen and oxygen atoms in total. The summed E-state index contributed by atoms with van der Waals surface area (Å²) < 4.78 is 7.05. The highest BCUT2D eigenvalue weighted by atomic mass is 79.9. The first kappa shape index (κ1) is 17.1. The van der Waals surface area contributed by atoms with Crippen LogP contribution in [0, 0.1) is 0 Å². The van der Waals surface area contributed by atoms with E-state index in [4.69, 9.17) is 0 Å². The average Bonchev–Trinajstić information content (AvgIpc) is 3.21. The van der Waals surface area contributed by atoms with Gasteiger partial charge in [0.15, 0.2) is 0 Å². The third-order valence-corrected chi connectivity index (χ3v) is 6.24. The van der Waals surface area contributed by atoms with Crippen LogP contribution in [0.15, 0.2) is 81.9 Å². The fourth-order valence-corrected chi connectivity index (χ4v) is 4.75. The Labute approximate surface area is 174 Å². The molecule has 0 unspecified atom stereocenters. The maximum Gasteiger partial charge on any atom is 0.0492 e. The van der Waals surface area contributed by atoms with Crippen molar-refractivity contribution >= 4 is 64.6 Å². The minimum absolute atomic E-state index is 0.996. The van der Waals surface area contributed by atoms with E-state index < -0.39 is 0 Å². The monoisotopic (exact) mass is 480 g/mol. The highest BCUT2D eigenvalue weighted by Crippen LogP contribution is 2.33. The second-order valence-electron chi connectivity index (χ2n) is 6.90. The minimum atomic E-state index is 0.996. The Balaban J connectivity index is 1.50. The Hall–Kier alpha value is -2.04. The van der Waals surface area contributed by atoms with E-state index >= 15 is 0 Å². The van der Waals surface area contributed by atoms with Crippen molar-refractivity contribution in [3.63, 3.8) is 0 Å². The molecule has 0 aliphatic rings. The molecule has 0 fully saturated rings. The molecule has 2 aromatic heterocycles. The zero-order chi connectivity index (χ0) is 18.4. The van der Waals surface area contributed by atoms with Crippen LogP contribution in [0.25, 0.3) is 32.7 Å². The maximum atomic E-state index is 3.62. The molecule has 0 N–H and O–H groups in total. The van der Waals surface area contributed by atoms with E-state index in [1.165, 1.54) is 32.7 Å². The molecule has 0 radical (unpaired) electrons. The van der Waals surface area contributed by atoms with Crippen LogP contribution >= 0.6 is 31.9 Å². The number of aromatic nitrogens is 2. The van der Waals surface area contributed by atoms with Crippen molar-refractivity contribution in [2.24, 2.45) is 0 Å². The Morgan fingerprint density at radius 1 is 0.667 bits per heavy atom. The molecule has 4 heteroatoms. The summed E-state index contributed by atoms with van der Waals surface area (Å²) in [6, 6.07) is 23.9. The summed E-state index contributed by atoms with van der Waals surface area (Å²) in [6.07, 6.45) is 3.29. The molecular weight excluding hydrogens is 464 g/mol. The molecule has 134 valence electrons. The number of halogens is 2. The average molecular weight is 482 g/mol. The number of hydrogen-bond acceptors (Lipinski definition) is 0. The lowest BCUT2D eigenvalue weighted by molar-refractivity contribution is 0.593. The molecule has 0 atom stereocenters. The van der Waals surface area contributed by atoms with Crippen LogP contribution in [0.1, 0.15) is 6.42 Å². The van der Waals surface area contributed by atoms with E-state index in [0.29, 0.717) is 0 Å². The van der Waals surface area contributed by atoms with Gasteiger partial charge >= 0.3 is 0 Å². The van der Waals surface area contributed by atoms with Gasteiger partial charge in [0.1, 0.15) is 0 Å². The van der Waals surface area contributed by atoms with E-state index in [2.05, 4.69) is 114 Å². The van der Waals surface area contributed by atoms with Crippen molar-refractivity contribution in [1.29, 1.82) is 0 Å². The van der Waals surface area contributed by atoms with E-state index in [0.717, 1.165) is 28.5 Å². The maximum absolute atomic E-state index is 3.62. The normalized spacial score (nSPS) is 11.8. The predicted octanol–water partition coefficient (Wildman–Crippen LogP) is 7.36. The Bertz CT molecular complexity index is 1220. The first-order valence-corrected chi connectivity index (χ1v) is 10.7. The number of nitrogens with zero attached hydrogens (tertiary/aromatic N) is 2. The molecule has 0 spiro atoms. The van der Waals surface area contributed by atoms with Crippen LogP contribution < -0.4 is 0 Å². The number of aryl methyl sites for hydroxylation is 2. The molecule has 0 aliphatic carbocycles. The summed E-state index contributed by atoms with van der Waals surface area (Å²) in [4.78, 5) is 0. The quantitative estimate of drug-likeness (QED) is 0.253. The standard InChI is InChI=1S/C23H18Br2N2/c24-17-6-8-22-19(14-17)20-15-18(25)7-9-23(20)27(22)12-3-11-26-13-10-16-4-1-2-5-21(16)26/h1-2,4-10,13-15H,3,11-12H2. The van der Waals surface area contributed by atoms with E-state index in [-0.39, 0.29) is 0 Å². The lowest BCUT2D eigenvalue weighted by Gasteiger charge is -2.09. The van der Waals surface area contributed by atoms with Crippen molar-refractivity contribution in [3.05, 3.63) is 81.9 Å². The van der Waals surface area contributed by atoms with E-state index in [9.17, 15) is 0 Å². The topological polar surface area (TPSA) is 9.86 Å². The van der Waals surface area contributed by atoms with Gasteiger partial charge in [-0.05, 0) is 60.3 Å². The SMILES string of the molecule is Brc1ccc2c(c1)c1cc(Br)ccc1n2CCCn1ccc2ccccc21. The van der Waals surface area contributed by atoms with Gasteiger partial charge in [0, 0.05) is 55.6 Å². The van der Waals surface area contributed by atoms with Gasteiger partial charge in [-0.2, -0.15) is 0 Å². The van der Waals surface area contributed by atoms with Crippen LogP contribution in [0.5, 0.6) is 0 Å². The molecule has 2 heterocycles. The molecule has 5 rings (SSSR count). The van der Waals surface area contributed by atoms with Crippen LogP contribution in [0.2, 0.25) is 0 Å². The van der Waals surface area contributed by atoms with Crippen molar-refractivity contribution in [2.75, 3.05) is 0 Å². The van der Waals surface area contributed by atoms with Gasteiger partial charge < -0.3 is 9.13 Å². The molecule has 0 bridgehead atoms. The number of fused-ring (bicyclic) bond motifs is 4. The van der Waals surface area contributed by atoms with Crippen LogP contribution in [-0.4, -0.2) is 9.13 Å². The highest BCUT2D eigenvalue weighted by Gasteiger charge is 2.11. The first-order valence-electron chi connectivity index (χ1n) is 9.11. The first-order chi connectivity index (χ1) is 13.2. The van der Waals surface area contributed by atoms with Crippen LogP contribution in [0.4, 0.5) is 0 Å². The fourth-order valence-electron chi connectivity index (χ4n) is 4.02. The molecule has 5 aromatic rings. The van der Waals surface area contributed by atoms with Gasteiger partial charge in [0.25, 0.3) is 0 Å². The van der Waals surface area contributed by atoms with Crippen LogP contribution in [0.3, 0.4) is 0 Å². The summed E-state index contributed by atoms with van der Waals surface area (Å²) >= 11 is 7.25. The third kappa shape index (κ3) is 3.01. The van der Waals surface area contributed by atoms with Crippen molar-refractivity contribution in [2.45, 2.75) is 19.5 Å².